The van der Waals surface area contributed by atoms with Crippen molar-refractivity contribution in [2.45, 2.75) is 76.0 Å². The van der Waals surface area contributed by atoms with Crippen LogP contribution in [0.25, 0.3) is 0 Å². The van der Waals surface area contributed by atoms with E-state index >= 15 is 0 Å². The Hall–Kier alpha value is -1.46. The molecule has 2 aliphatic rings. The van der Waals surface area contributed by atoms with Gasteiger partial charge in [-0.3, -0.25) is 0 Å². The zero-order valence-electron chi connectivity index (χ0n) is 18.1. The van der Waals surface area contributed by atoms with E-state index in [2.05, 4.69) is 0 Å². The molecule has 0 amide bonds. The Kier molecular flexibility index (Phi) is 10.3. The van der Waals surface area contributed by atoms with Gasteiger partial charge in [-0.1, -0.05) is 100 Å². The topological polar surface area (TPSA) is 43.4 Å². The van der Waals surface area contributed by atoms with Crippen LogP contribution in [0.2, 0.25) is 0 Å². The molecule has 0 saturated heterocycles. The standard InChI is InChI=1S/C13H12O3S.C12H22.H2S/c1-11-7-9-13(10-8-11)17(14,15)16-12-5-3-2-4-6-12;1-3-7-11(8-4-1)12-9-5-2-6-10-12;/h2-10H,1H3;11-12H,1-10H2;1H2. The largest absolute Gasteiger partial charge is 0.379 e. The molecule has 2 fully saturated rings. The van der Waals surface area contributed by atoms with Crippen LogP contribution in [0.1, 0.15) is 69.8 Å². The van der Waals surface area contributed by atoms with E-state index in [-0.39, 0.29) is 18.4 Å². The van der Waals surface area contributed by atoms with Crippen LogP contribution in [0, 0.1) is 18.8 Å². The van der Waals surface area contributed by atoms with Crippen LogP contribution < -0.4 is 4.18 Å². The first kappa shape index (κ1) is 24.8. The molecule has 0 aliphatic heterocycles. The quantitative estimate of drug-likeness (QED) is 0.472. The summed E-state index contributed by atoms with van der Waals surface area (Å²) in [4.78, 5) is 0.159. The molecule has 2 aromatic rings. The predicted molar refractivity (Wildman–Crippen MR) is 129 cm³/mol. The van der Waals surface area contributed by atoms with Crippen molar-refractivity contribution in [3.8, 4) is 5.75 Å². The van der Waals surface area contributed by atoms with Gasteiger partial charge >= 0.3 is 10.1 Å². The lowest BCUT2D eigenvalue weighted by Crippen LogP contribution is -2.20. The van der Waals surface area contributed by atoms with Gasteiger partial charge in [0.05, 0.1) is 0 Å². The van der Waals surface area contributed by atoms with E-state index in [1.807, 2.05) is 6.92 Å². The highest BCUT2D eigenvalue weighted by atomic mass is 32.2. The number of hydrogen-bond acceptors (Lipinski definition) is 3. The Balaban J connectivity index is 0.000000218. The zero-order chi connectivity index (χ0) is 20.5. The molecule has 0 radical (unpaired) electrons. The highest BCUT2D eigenvalue weighted by Crippen LogP contribution is 2.37. The Morgan fingerprint density at radius 2 is 1.17 bits per heavy atom. The van der Waals surface area contributed by atoms with Crippen molar-refractivity contribution in [3.63, 3.8) is 0 Å². The van der Waals surface area contributed by atoms with Crippen LogP contribution in [-0.2, 0) is 10.1 Å². The van der Waals surface area contributed by atoms with Crippen LogP contribution >= 0.6 is 13.5 Å². The van der Waals surface area contributed by atoms with Crippen molar-refractivity contribution in [2.75, 3.05) is 0 Å². The zero-order valence-corrected chi connectivity index (χ0v) is 19.9. The maximum atomic E-state index is 11.9. The van der Waals surface area contributed by atoms with Crippen molar-refractivity contribution in [3.05, 3.63) is 60.2 Å². The summed E-state index contributed by atoms with van der Waals surface area (Å²) in [5.41, 5.74) is 1.00. The number of aryl methyl sites for hydroxylation is 1. The number of rotatable bonds is 4. The third-order valence-electron chi connectivity index (χ3n) is 6.23. The first-order chi connectivity index (χ1) is 14.0. The van der Waals surface area contributed by atoms with E-state index in [9.17, 15) is 8.42 Å². The summed E-state index contributed by atoms with van der Waals surface area (Å²) >= 11 is 0. The summed E-state index contributed by atoms with van der Waals surface area (Å²) in [5, 5.41) is 0. The lowest BCUT2D eigenvalue weighted by molar-refractivity contribution is 0.196. The molecule has 3 nitrogen and oxygen atoms in total. The van der Waals surface area contributed by atoms with E-state index in [0.717, 1.165) is 17.4 Å². The normalized spacial score (nSPS) is 17.9. The molecular weight excluding hydrogens is 412 g/mol. The monoisotopic (exact) mass is 448 g/mol. The fourth-order valence-electron chi connectivity index (χ4n) is 4.57. The fraction of sp³-hybridized carbons (Fsp3) is 0.520. The fourth-order valence-corrected chi connectivity index (χ4v) is 5.50. The average molecular weight is 449 g/mol. The van der Waals surface area contributed by atoms with Crippen LogP contribution in [-0.4, -0.2) is 8.42 Å². The van der Waals surface area contributed by atoms with Gasteiger partial charge in [-0.25, -0.2) is 0 Å². The smallest absolute Gasteiger partial charge is 0.339 e. The van der Waals surface area contributed by atoms with Gasteiger partial charge in [-0.05, 0) is 43.0 Å². The first-order valence-corrected chi connectivity index (χ1v) is 12.5. The minimum atomic E-state index is -3.73. The van der Waals surface area contributed by atoms with E-state index < -0.39 is 10.1 Å². The van der Waals surface area contributed by atoms with Gasteiger partial charge in [-0.2, -0.15) is 21.9 Å². The summed E-state index contributed by atoms with van der Waals surface area (Å²) in [6, 6.07) is 15.0. The summed E-state index contributed by atoms with van der Waals surface area (Å²) in [5.74, 6) is 2.59. The molecule has 30 heavy (non-hydrogen) atoms. The molecule has 0 aromatic heterocycles. The van der Waals surface area contributed by atoms with Crippen molar-refractivity contribution in [2.24, 2.45) is 11.8 Å². The average Bonchev–Trinajstić information content (AvgIpc) is 2.76. The summed E-state index contributed by atoms with van der Waals surface area (Å²) < 4.78 is 28.8. The third-order valence-corrected chi connectivity index (χ3v) is 7.49. The van der Waals surface area contributed by atoms with Crippen molar-refractivity contribution < 1.29 is 12.6 Å². The SMILES string of the molecule is C1CCC(C2CCCCC2)CC1.Cc1ccc(S(=O)(=O)Oc2ccccc2)cc1.S. The highest BCUT2D eigenvalue weighted by Gasteiger charge is 2.24. The molecule has 0 heterocycles. The molecule has 2 aromatic carbocycles. The third kappa shape index (κ3) is 7.66. The van der Waals surface area contributed by atoms with E-state index in [1.54, 1.807) is 68.1 Å². The van der Waals surface area contributed by atoms with Gasteiger partial charge in [0.25, 0.3) is 0 Å². The Bertz CT molecular complexity index is 804. The molecule has 0 spiro atoms. The Morgan fingerprint density at radius 1 is 0.700 bits per heavy atom. The van der Waals surface area contributed by atoms with Crippen molar-refractivity contribution in [1.29, 1.82) is 0 Å². The van der Waals surface area contributed by atoms with Crippen molar-refractivity contribution in [1.82, 2.24) is 0 Å². The van der Waals surface area contributed by atoms with Gasteiger partial charge < -0.3 is 4.18 Å². The second kappa shape index (κ2) is 12.4. The maximum absolute atomic E-state index is 11.9. The molecule has 0 atom stereocenters. The molecule has 166 valence electrons. The summed E-state index contributed by atoms with van der Waals surface area (Å²) in [7, 11) is -3.73. The Morgan fingerprint density at radius 3 is 1.63 bits per heavy atom. The molecule has 0 bridgehead atoms. The van der Waals surface area contributed by atoms with Gasteiger partial charge in [-0.15, -0.1) is 0 Å². The second-order valence-electron chi connectivity index (χ2n) is 8.46. The van der Waals surface area contributed by atoms with Gasteiger partial charge in [0.2, 0.25) is 0 Å². The number of benzene rings is 2. The molecule has 2 saturated carbocycles. The van der Waals surface area contributed by atoms with Gasteiger partial charge in [0.15, 0.2) is 0 Å². The van der Waals surface area contributed by atoms with E-state index in [4.69, 9.17) is 4.18 Å². The highest BCUT2D eigenvalue weighted by molar-refractivity contribution is 7.87. The minimum Gasteiger partial charge on any atom is -0.379 e. The van der Waals surface area contributed by atoms with E-state index in [1.165, 1.54) is 50.7 Å². The predicted octanol–water partition coefficient (Wildman–Crippen LogP) is 7.02. The van der Waals surface area contributed by atoms with Crippen LogP contribution in [0.5, 0.6) is 5.75 Å². The summed E-state index contributed by atoms with van der Waals surface area (Å²) in [6.07, 6.45) is 15.4. The molecule has 4 rings (SSSR count). The molecule has 5 heteroatoms. The molecule has 0 unspecified atom stereocenters. The van der Waals surface area contributed by atoms with Crippen LogP contribution in [0.3, 0.4) is 0 Å². The lowest BCUT2D eigenvalue weighted by Gasteiger charge is -2.32. The Labute approximate surface area is 189 Å². The minimum absolute atomic E-state index is 0. The lowest BCUT2D eigenvalue weighted by atomic mass is 9.73. The van der Waals surface area contributed by atoms with Gasteiger partial charge in [0, 0.05) is 0 Å². The van der Waals surface area contributed by atoms with Crippen LogP contribution in [0.15, 0.2) is 59.5 Å². The summed E-state index contributed by atoms with van der Waals surface area (Å²) in [6.45, 7) is 1.90. The first-order valence-electron chi connectivity index (χ1n) is 11.1. The molecular formula is C25H36O3S2. The molecule has 2 aliphatic carbocycles. The molecule has 0 N–H and O–H groups in total. The second-order valence-corrected chi connectivity index (χ2v) is 10.0. The number of para-hydroxylation sites is 1. The van der Waals surface area contributed by atoms with Crippen LogP contribution in [0.4, 0.5) is 0 Å². The maximum Gasteiger partial charge on any atom is 0.339 e. The van der Waals surface area contributed by atoms with Gasteiger partial charge in [0.1, 0.15) is 10.6 Å². The van der Waals surface area contributed by atoms with Crippen molar-refractivity contribution >= 4 is 23.6 Å². The van der Waals surface area contributed by atoms with E-state index in [0.29, 0.717) is 5.75 Å². The number of hydrogen-bond donors (Lipinski definition) is 0.